The molecule has 1 saturated carbocycles. The lowest BCUT2D eigenvalue weighted by Crippen LogP contribution is -2.45. The lowest BCUT2D eigenvalue weighted by Gasteiger charge is -2.24. The normalized spacial score (nSPS) is 31.7. The molecule has 3 unspecified atom stereocenters. The summed E-state index contributed by atoms with van der Waals surface area (Å²) in [5, 5.41) is 9.22. The molecular weight excluding hydrogens is 246 g/mol. The van der Waals surface area contributed by atoms with Crippen molar-refractivity contribution in [1.29, 1.82) is 0 Å². The fourth-order valence-corrected chi connectivity index (χ4v) is 3.43. The number of carbonyl (C=O) groups excluding carboxylic acids is 2. The maximum absolute atomic E-state index is 12.3. The molecular formula is C14H21NO4. The van der Waals surface area contributed by atoms with Crippen LogP contribution < -0.4 is 0 Å². The Labute approximate surface area is 113 Å². The van der Waals surface area contributed by atoms with Gasteiger partial charge in [0.1, 0.15) is 6.04 Å². The van der Waals surface area contributed by atoms with Crippen LogP contribution in [-0.4, -0.2) is 33.8 Å². The van der Waals surface area contributed by atoms with Gasteiger partial charge >= 0.3 is 5.97 Å². The number of hydrogen-bond donors (Lipinski definition) is 1. The third-order valence-electron chi connectivity index (χ3n) is 4.51. The number of carboxylic acid groups (broad SMARTS) is 1. The molecule has 106 valence electrons. The van der Waals surface area contributed by atoms with Crippen LogP contribution in [0.2, 0.25) is 0 Å². The molecule has 19 heavy (non-hydrogen) atoms. The zero-order chi connectivity index (χ0) is 14.2. The number of rotatable bonds is 5. The molecule has 1 aliphatic heterocycles. The summed E-state index contributed by atoms with van der Waals surface area (Å²) in [6, 6.07) is -0.976. The van der Waals surface area contributed by atoms with Gasteiger partial charge < -0.3 is 5.11 Å². The highest BCUT2D eigenvalue weighted by atomic mass is 16.4. The van der Waals surface area contributed by atoms with Crippen LogP contribution in [0.4, 0.5) is 0 Å². The van der Waals surface area contributed by atoms with Crippen LogP contribution >= 0.6 is 0 Å². The third kappa shape index (κ3) is 2.26. The molecule has 0 aromatic rings. The lowest BCUT2D eigenvalue weighted by atomic mass is 10.00. The van der Waals surface area contributed by atoms with Crippen molar-refractivity contribution < 1.29 is 19.5 Å². The molecule has 2 amide bonds. The van der Waals surface area contributed by atoms with Gasteiger partial charge in [0.2, 0.25) is 11.8 Å². The Morgan fingerprint density at radius 3 is 2.16 bits per heavy atom. The van der Waals surface area contributed by atoms with Crippen molar-refractivity contribution in [1.82, 2.24) is 4.90 Å². The molecule has 0 radical (unpaired) electrons. The van der Waals surface area contributed by atoms with E-state index < -0.39 is 12.0 Å². The van der Waals surface area contributed by atoms with Gasteiger partial charge in [0, 0.05) is 0 Å². The number of hydrogen-bond acceptors (Lipinski definition) is 3. The molecule has 2 fully saturated rings. The first-order valence-electron chi connectivity index (χ1n) is 7.10. The molecule has 0 spiro atoms. The van der Waals surface area contributed by atoms with E-state index in [1.807, 2.05) is 6.92 Å². The van der Waals surface area contributed by atoms with Crippen LogP contribution in [0.15, 0.2) is 0 Å². The molecule has 3 atom stereocenters. The largest absolute Gasteiger partial charge is 0.480 e. The molecule has 0 aromatic heterocycles. The first kappa shape index (κ1) is 14.0. The number of nitrogens with zero attached hydrogens (tertiary/aromatic N) is 1. The van der Waals surface area contributed by atoms with E-state index in [0.29, 0.717) is 18.8 Å². The van der Waals surface area contributed by atoms with E-state index in [-0.39, 0.29) is 23.7 Å². The molecule has 5 heteroatoms. The summed E-state index contributed by atoms with van der Waals surface area (Å²) in [6.07, 6.45) is 3.43. The second-order valence-electron chi connectivity index (χ2n) is 5.65. The zero-order valence-corrected chi connectivity index (χ0v) is 11.5. The summed E-state index contributed by atoms with van der Waals surface area (Å²) in [6.45, 7) is 3.92. The Hall–Kier alpha value is -1.39. The molecule has 2 rings (SSSR count). The van der Waals surface area contributed by atoms with Gasteiger partial charge in [-0.2, -0.15) is 0 Å². The number of carbonyl (C=O) groups is 3. The first-order chi connectivity index (χ1) is 9.01. The molecule has 5 nitrogen and oxygen atoms in total. The van der Waals surface area contributed by atoms with Gasteiger partial charge in [0.25, 0.3) is 0 Å². The molecule has 1 saturated heterocycles. The van der Waals surface area contributed by atoms with Gasteiger partial charge in [-0.1, -0.05) is 26.7 Å². The van der Waals surface area contributed by atoms with Crippen molar-refractivity contribution in [3.63, 3.8) is 0 Å². The topological polar surface area (TPSA) is 74.7 Å². The van der Waals surface area contributed by atoms with Crippen molar-refractivity contribution in [3.8, 4) is 0 Å². The van der Waals surface area contributed by atoms with Crippen LogP contribution in [-0.2, 0) is 14.4 Å². The summed E-state index contributed by atoms with van der Waals surface area (Å²) in [5.41, 5.74) is 0. The van der Waals surface area contributed by atoms with Crippen LogP contribution in [0.3, 0.4) is 0 Å². The number of aliphatic carboxylic acids is 1. The number of fused-ring (bicyclic) bond motifs is 1. The van der Waals surface area contributed by atoms with Crippen LogP contribution in [0.1, 0.15) is 46.0 Å². The second-order valence-corrected chi connectivity index (χ2v) is 5.65. The highest BCUT2D eigenvalue weighted by Gasteiger charge is 2.54. The average Bonchev–Trinajstić information content (AvgIpc) is 2.89. The Kier molecular flexibility index (Phi) is 3.92. The van der Waals surface area contributed by atoms with E-state index in [1.54, 1.807) is 0 Å². The second kappa shape index (κ2) is 5.31. The van der Waals surface area contributed by atoms with E-state index in [4.69, 9.17) is 0 Å². The number of imide groups is 1. The average molecular weight is 267 g/mol. The summed E-state index contributed by atoms with van der Waals surface area (Å²) in [7, 11) is 0. The Balaban J connectivity index is 2.19. The minimum Gasteiger partial charge on any atom is -0.480 e. The zero-order valence-electron chi connectivity index (χ0n) is 11.5. The van der Waals surface area contributed by atoms with Crippen LogP contribution in [0.5, 0.6) is 0 Å². The Morgan fingerprint density at radius 1 is 1.26 bits per heavy atom. The van der Waals surface area contributed by atoms with Gasteiger partial charge in [-0.25, -0.2) is 4.79 Å². The predicted molar refractivity (Wildman–Crippen MR) is 68.2 cm³/mol. The van der Waals surface area contributed by atoms with Gasteiger partial charge in [-0.15, -0.1) is 0 Å². The van der Waals surface area contributed by atoms with E-state index in [1.165, 1.54) is 0 Å². The fourth-order valence-electron chi connectivity index (χ4n) is 3.43. The fraction of sp³-hybridized carbons (Fsp3) is 0.786. The first-order valence-corrected chi connectivity index (χ1v) is 7.10. The lowest BCUT2D eigenvalue weighted by molar-refractivity contribution is -0.155. The number of carboxylic acids is 1. The Bertz CT molecular complexity index is 382. The minimum atomic E-state index is -1.07. The standard InChI is InChI=1S/C14H21NO4/c1-3-5-11(14(18)19)15-12(16)9-6-8(4-2)7-10(9)13(15)17/h8-11H,3-7H2,1-2H3,(H,18,19). The molecule has 2 aliphatic rings. The molecule has 0 aromatic carbocycles. The van der Waals surface area contributed by atoms with E-state index in [0.717, 1.165) is 24.2 Å². The van der Waals surface area contributed by atoms with Crippen molar-refractivity contribution in [2.45, 2.75) is 52.0 Å². The Morgan fingerprint density at radius 2 is 1.79 bits per heavy atom. The predicted octanol–water partition coefficient (Wildman–Crippen LogP) is 1.66. The third-order valence-corrected chi connectivity index (χ3v) is 4.51. The van der Waals surface area contributed by atoms with Crippen molar-refractivity contribution in [2.24, 2.45) is 17.8 Å². The smallest absolute Gasteiger partial charge is 0.326 e. The molecule has 0 bridgehead atoms. The van der Waals surface area contributed by atoms with Crippen molar-refractivity contribution >= 4 is 17.8 Å². The summed E-state index contributed by atoms with van der Waals surface area (Å²) in [4.78, 5) is 36.9. The van der Waals surface area contributed by atoms with Crippen molar-refractivity contribution in [3.05, 3.63) is 0 Å². The van der Waals surface area contributed by atoms with E-state index >= 15 is 0 Å². The van der Waals surface area contributed by atoms with E-state index in [2.05, 4.69) is 6.92 Å². The number of amides is 2. The SMILES string of the molecule is CCCC(C(=O)O)N1C(=O)C2CC(CC)CC2C1=O. The summed E-state index contributed by atoms with van der Waals surface area (Å²) in [5.74, 6) is -1.69. The van der Waals surface area contributed by atoms with E-state index in [9.17, 15) is 19.5 Å². The summed E-state index contributed by atoms with van der Waals surface area (Å²) >= 11 is 0. The van der Waals surface area contributed by atoms with Crippen LogP contribution in [0.25, 0.3) is 0 Å². The van der Waals surface area contributed by atoms with Gasteiger partial charge in [-0.3, -0.25) is 14.5 Å². The highest BCUT2D eigenvalue weighted by Crippen LogP contribution is 2.45. The maximum Gasteiger partial charge on any atom is 0.326 e. The van der Waals surface area contributed by atoms with Crippen LogP contribution in [0, 0.1) is 17.8 Å². The summed E-state index contributed by atoms with van der Waals surface area (Å²) < 4.78 is 0. The molecule has 1 heterocycles. The quantitative estimate of drug-likeness (QED) is 0.769. The number of likely N-dealkylation sites (tertiary alicyclic amines) is 1. The molecule has 1 N–H and O–H groups in total. The van der Waals surface area contributed by atoms with Gasteiger partial charge in [0.15, 0.2) is 0 Å². The minimum absolute atomic E-state index is 0.258. The highest BCUT2D eigenvalue weighted by molar-refractivity contribution is 6.08. The molecule has 1 aliphatic carbocycles. The van der Waals surface area contributed by atoms with Crippen molar-refractivity contribution in [2.75, 3.05) is 0 Å². The van der Waals surface area contributed by atoms with Gasteiger partial charge in [-0.05, 0) is 25.2 Å². The van der Waals surface area contributed by atoms with Gasteiger partial charge in [0.05, 0.1) is 11.8 Å². The monoisotopic (exact) mass is 267 g/mol. The maximum atomic E-state index is 12.3.